The summed E-state index contributed by atoms with van der Waals surface area (Å²) in [4.78, 5) is 32.3. The van der Waals surface area contributed by atoms with Crippen molar-refractivity contribution < 1.29 is 14.3 Å². The Kier molecular flexibility index (Phi) is 5.68. The first-order valence-electron chi connectivity index (χ1n) is 8.20. The number of nitrogens with one attached hydrogen (secondary N) is 1. The highest BCUT2D eigenvalue weighted by molar-refractivity contribution is 9.10. The Bertz CT molecular complexity index is 589. The number of urea groups is 1. The third-order valence-corrected chi connectivity index (χ3v) is 4.68. The van der Waals surface area contributed by atoms with E-state index in [1.54, 1.807) is 16.0 Å². The fraction of sp³-hybridized carbons (Fsp3) is 0.562. The van der Waals surface area contributed by atoms with Crippen LogP contribution in [0.3, 0.4) is 0 Å². The molecule has 0 aliphatic carbocycles. The van der Waals surface area contributed by atoms with E-state index in [-0.39, 0.29) is 18.0 Å². The molecule has 0 bridgehead atoms. The second-order valence-electron chi connectivity index (χ2n) is 5.95. The first kappa shape index (κ1) is 17.2. The standard InChI is InChI=1S/C16H21BrN4O3/c17-12-3-4-14(19-10-12)21(11-13-2-1-9-24-13)16(23)20-7-5-15(22)18-6-8-20/h3-4,10,13H,1-2,5-9,11H2,(H,18,22). The predicted molar refractivity (Wildman–Crippen MR) is 92.9 cm³/mol. The number of nitrogens with zero attached hydrogens (tertiary/aromatic N) is 3. The smallest absolute Gasteiger partial charge is 0.325 e. The van der Waals surface area contributed by atoms with Crippen molar-refractivity contribution in [1.29, 1.82) is 0 Å². The van der Waals surface area contributed by atoms with E-state index >= 15 is 0 Å². The summed E-state index contributed by atoms with van der Waals surface area (Å²) < 4.78 is 6.55. The maximum Gasteiger partial charge on any atom is 0.325 e. The van der Waals surface area contributed by atoms with Crippen molar-refractivity contribution in [3.63, 3.8) is 0 Å². The van der Waals surface area contributed by atoms with Gasteiger partial charge >= 0.3 is 6.03 Å². The number of ether oxygens (including phenoxy) is 1. The zero-order valence-corrected chi connectivity index (χ0v) is 15.0. The topological polar surface area (TPSA) is 74.8 Å². The molecule has 3 heterocycles. The van der Waals surface area contributed by atoms with Gasteiger partial charge in [-0.25, -0.2) is 9.78 Å². The molecule has 0 spiro atoms. The molecule has 1 atom stereocenters. The SMILES string of the molecule is O=C1CCN(C(=O)N(CC2CCCO2)c2ccc(Br)cn2)CCN1. The van der Waals surface area contributed by atoms with Crippen LogP contribution in [0.5, 0.6) is 0 Å². The molecular weight excluding hydrogens is 376 g/mol. The Hall–Kier alpha value is -1.67. The van der Waals surface area contributed by atoms with Gasteiger partial charge in [0.25, 0.3) is 0 Å². The number of rotatable bonds is 3. The van der Waals surface area contributed by atoms with Crippen LogP contribution in [0.1, 0.15) is 19.3 Å². The summed E-state index contributed by atoms with van der Waals surface area (Å²) in [5, 5.41) is 2.79. The summed E-state index contributed by atoms with van der Waals surface area (Å²) in [6, 6.07) is 3.56. The molecule has 130 valence electrons. The fourth-order valence-corrected chi connectivity index (χ4v) is 3.15. The molecule has 0 aromatic carbocycles. The van der Waals surface area contributed by atoms with Gasteiger partial charge in [-0.1, -0.05) is 0 Å². The highest BCUT2D eigenvalue weighted by atomic mass is 79.9. The minimum atomic E-state index is -0.128. The summed E-state index contributed by atoms with van der Waals surface area (Å²) in [5.41, 5.74) is 0. The van der Waals surface area contributed by atoms with Gasteiger partial charge < -0.3 is 15.0 Å². The van der Waals surface area contributed by atoms with Gasteiger partial charge in [0.05, 0.1) is 12.6 Å². The van der Waals surface area contributed by atoms with Crippen LogP contribution in [0.15, 0.2) is 22.8 Å². The largest absolute Gasteiger partial charge is 0.376 e. The van der Waals surface area contributed by atoms with Crippen LogP contribution < -0.4 is 10.2 Å². The second-order valence-corrected chi connectivity index (χ2v) is 6.87. The summed E-state index contributed by atoms with van der Waals surface area (Å²) in [7, 11) is 0. The number of halogens is 1. The van der Waals surface area contributed by atoms with Crippen LogP contribution in [0.2, 0.25) is 0 Å². The van der Waals surface area contributed by atoms with Crippen molar-refractivity contribution in [1.82, 2.24) is 15.2 Å². The van der Waals surface area contributed by atoms with Crippen LogP contribution in [0.25, 0.3) is 0 Å². The minimum absolute atomic E-state index is 0.0160. The highest BCUT2D eigenvalue weighted by Crippen LogP contribution is 2.21. The van der Waals surface area contributed by atoms with Gasteiger partial charge in [-0.15, -0.1) is 0 Å². The average molecular weight is 397 g/mol. The third-order valence-electron chi connectivity index (χ3n) is 4.21. The van der Waals surface area contributed by atoms with E-state index in [0.717, 1.165) is 23.9 Å². The highest BCUT2D eigenvalue weighted by Gasteiger charge is 2.29. The molecule has 1 aromatic heterocycles. The van der Waals surface area contributed by atoms with Crippen LogP contribution in [0, 0.1) is 0 Å². The molecule has 8 heteroatoms. The molecular formula is C16H21BrN4O3. The molecule has 1 aromatic rings. The second kappa shape index (κ2) is 7.94. The van der Waals surface area contributed by atoms with Gasteiger partial charge in [-0.05, 0) is 40.9 Å². The summed E-state index contributed by atoms with van der Waals surface area (Å²) in [5.74, 6) is 0.583. The van der Waals surface area contributed by atoms with Crippen LogP contribution in [-0.2, 0) is 9.53 Å². The van der Waals surface area contributed by atoms with E-state index < -0.39 is 0 Å². The number of aromatic nitrogens is 1. The lowest BCUT2D eigenvalue weighted by Crippen LogP contribution is -2.47. The minimum Gasteiger partial charge on any atom is -0.376 e. The average Bonchev–Trinajstić information content (AvgIpc) is 3.00. The van der Waals surface area contributed by atoms with Crippen molar-refractivity contribution in [2.75, 3.05) is 37.7 Å². The Morgan fingerprint density at radius 1 is 1.46 bits per heavy atom. The zero-order valence-electron chi connectivity index (χ0n) is 13.4. The van der Waals surface area contributed by atoms with Crippen molar-refractivity contribution in [3.05, 3.63) is 22.8 Å². The number of pyridine rings is 1. The molecule has 2 fully saturated rings. The van der Waals surface area contributed by atoms with E-state index in [4.69, 9.17) is 4.74 Å². The maximum absolute atomic E-state index is 13.0. The number of hydrogen-bond donors (Lipinski definition) is 1. The van der Waals surface area contributed by atoms with Crippen LogP contribution >= 0.6 is 15.9 Å². The Balaban J connectivity index is 1.78. The Morgan fingerprint density at radius 2 is 2.33 bits per heavy atom. The normalized spacial score (nSPS) is 21.3. The van der Waals surface area contributed by atoms with E-state index in [1.807, 2.05) is 12.1 Å². The van der Waals surface area contributed by atoms with Gasteiger partial charge in [0.1, 0.15) is 5.82 Å². The monoisotopic (exact) mass is 396 g/mol. The first-order chi connectivity index (χ1) is 11.6. The zero-order chi connectivity index (χ0) is 16.9. The molecule has 7 nitrogen and oxygen atoms in total. The number of carbonyl (C=O) groups excluding carboxylic acids is 2. The predicted octanol–water partition coefficient (Wildman–Crippen LogP) is 1.77. The molecule has 3 rings (SSSR count). The lowest BCUT2D eigenvalue weighted by molar-refractivity contribution is -0.120. The van der Waals surface area contributed by atoms with Gasteiger partial charge in [-0.2, -0.15) is 0 Å². The van der Waals surface area contributed by atoms with E-state index in [0.29, 0.717) is 38.4 Å². The fourth-order valence-electron chi connectivity index (χ4n) is 2.92. The van der Waals surface area contributed by atoms with E-state index in [2.05, 4.69) is 26.2 Å². The number of hydrogen-bond acceptors (Lipinski definition) is 4. The molecule has 2 aliphatic heterocycles. The van der Waals surface area contributed by atoms with Crippen LogP contribution in [0.4, 0.5) is 10.6 Å². The van der Waals surface area contributed by atoms with Crippen molar-refractivity contribution in [2.45, 2.75) is 25.4 Å². The molecule has 2 saturated heterocycles. The Morgan fingerprint density at radius 3 is 3.04 bits per heavy atom. The van der Waals surface area contributed by atoms with Gasteiger partial charge in [0.2, 0.25) is 5.91 Å². The van der Waals surface area contributed by atoms with E-state index in [9.17, 15) is 9.59 Å². The summed E-state index contributed by atoms with van der Waals surface area (Å²) >= 11 is 3.37. The number of anilines is 1. The summed E-state index contributed by atoms with van der Waals surface area (Å²) in [6.07, 6.45) is 4.00. The van der Waals surface area contributed by atoms with Crippen LogP contribution in [-0.4, -0.2) is 60.7 Å². The molecule has 24 heavy (non-hydrogen) atoms. The quantitative estimate of drug-likeness (QED) is 0.844. The molecule has 1 N–H and O–H groups in total. The van der Waals surface area contributed by atoms with Gasteiger partial charge in [-0.3, -0.25) is 9.69 Å². The lowest BCUT2D eigenvalue weighted by atomic mass is 10.2. The van der Waals surface area contributed by atoms with Crippen molar-refractivity contribution in [3.8, 4) is 0 Å². The lowest BCUT2D eigenvalue weighted by Gasteiger charge is -2.30. The van der Waals surface area contributed by atoms with Gasteiger partial charge in [0.15, 0.2) is 0 Å². The van der Waals surface area contributed by atoms with Gasteiger partial charge in [0, 0.05) is 43.3 Å². The number of amides is 3. The third kappa shape index (κ3) is 4.24. The molecule has 1 unspecified atom stereocenters. The molecule has 0 saturated carbocycles. The van der Waals surface area contributed by atoms with E-state index in [1.165, 1.54) is 0 Å². The number of carbonyl (C=O) groups is 2. The molecule has 0 radical (unpaired) electrons. The Labute approximate surface area is 149 Å². The molecule has 3 amide bonds. The summed E-state index contributed by atoms with van der Waals surface area (Å²) in [6.45, 7) is 2.62. The molecule has 2 aliphatic rings. The van der Waals surface area contributed by atoms with Crippen molar-refractivity contribution >= 4 is 33.7 Å². The van der Waals surface area contributed by atoms with Crippen molar-refractivity contribution in [2.24, 2.45) is 0 Å². The first-order valence-corrected chi connectivity index (χ1v) is 8.99. The maximum atomic E-state index is 13.0.